The van der Waals surface area contributed by atoms with E-state index in [4.69, 9.17) is 0 Å². The first kappa shape index (κ1) is 6.07. The number of carbonyl (C=O) groups excluding carboxylic acids is 2. The van der Waals surface area contributed by atoms with Gasteiger partial charge in [-0.2, -0.15) is 0 Å². The summed E-state index contributed by atoms with van der Waals surface area (Å²) < 4.78 is 4.52. The number of nitrogens with one attached hydrogen (secondary N) is 1. The molecule has 1 aliphatic rings. The molecule has 50 valence electrons. The van der Waals surface area contributed by atoms with E-state index in [0.717, 1.165) is 0 Å². The maximum atomic E-state index is 10.5. The number of carbonyl (C=O) groups is 2. The Kier molecular flexibility index (Phi) is 1.38. The van der Waals surface area contributed by atoms with Crippen molar-refractivity contribution in [3.05, 3.63) is 0 Å². The molecule has 0 aromatic heterocycles. The number of amides is 1. The number of Topliss-reactive ketones (excluding diaryl/α,β-unsaturated/α-hetero) is 1. The zero-order valence-corrected chi connectivity index (χ0v) is 5.01. The molecule has 9 heavy (non-hydrogen) atoms. The first-order chi connectivity index (χ1) is 4.20. The van der Waals surface area contributed by atoms with Crippen molar-refractivity contribution in [2.24, 2.45) is 0 Å². The molecule has 4 nitrogen and oxygen atoms in total. The Bertz CT molecular complexity index is 154. The fraction of sp³-hybridized carbons (Fsp3) is 0.600. The van der Waals surface area contributed by atoms with Crippen LogP contribution in [0.4, 0.5) is 4.79 Å². The molecular formula is C5H7NO3. The molecule has 1 heterocycles. The SMILES string of the molecule is CC(=O)[C@H]1CNC(=O)O1. The maximum absolute atomic E-state index is 10.5. The third kappa shape index (κ3) is 1.19. The second-order valence-electron chi connectivity index (χ2n) is 1.89. The topological polar surface area (TPSA) is 55.4 Å². The van der Waals surface area contributed by atoms with Crippen molar-refractivity contribution in [1.29, 1.82) is 0 Å². The summed E-state index contributed by atoms with van der Waals surface area (Å²) in [6, 6.07) is 0. The summed E-state index contributed by atoms with van der Waals surface area (Å²) in [6.07, 6.45) is -1.06. The van der Waals surface area contributed by atoms with Crippen molar-refractivity contribution >= 4 is 11.9 Å². The van der Waals surface area contributed by atoms with Gasteiger partial charge in [0.25, 0.3) is 0 Å². The third-order valence-electron chi connectivity index (χ3n) is 1.13. The smallest absolute Gasteiger partial charge is 0.408 e. The molecule has 0 bridgehead atoms. The Labute approximate surface area is 52.2 Å². The summed E-state index contributed by atoms with van der Waals surface area (Å²) in [5.41, 5.74) is 0. The van der Waals surface area contributed by atoms with Gasteiger partial charge in [0.05, 0.1) is 6.54 Å². The van der Waals surface area contributed by atoms with E-state index in [2.05, 4.69) is 10.1 Å². The van der Waals surface area contributed by atoms with Crippen LogP contribution in [0.1, 0.15) is 6.92 Å². The summed E-state index contributed by atoms with van der Waals surface area (Å²) in [6.45, 7) is 1.71. The standard InChI is InChI=1S/C5H7NO3/c1-3(7)4-2-6-5(8)9-4/h4H,2H2,1H3,(H,6,8)/t4-/m1/s1. The van der Waals surface area contributed by atoms with Crippen molar-refractivity contribution in [1.82, 2.24) is 5.32 Å². The van der Waals surface area contributed by atoms with E-state index in [1.54, 1.807) is 0 Å². The number of alkyl carbamates (subject to hydrolysis) is 1. The van der Waals surface area contributed by atoms with Gasteiger partial charge in [-0.15, -0.1) is 0 Å². The zero-order chi connectivity index (χ0) is 6.85. The molecule has 1 saturated heterocycles. The first-order valence-corrected chi connectivity index (χ1v) is 2.65. The molecule has 0 unspecified atom stereocenters. The highest BCUT2D eigenvalue weighted by Gasteiger charge is 2.25. The molecule has 1 amide bonds. The summed E-state index contributed by atoms with van der Waals surface area (Å²) in [5.74, 6) is -0.117. The third-order valence-corrected chi connectivity index (χ3v) is 1.13. The van der Waals surface area contributed by atoms with Crippen LogP contribution in [0.5, 0.6) is 0 Å². The van der Waals surface area contributed by atoms with Gasteiger partial charge in [-0.25, -0.2) is 4.79 Å². The molecule has 1 atom stereocenters. The summed E-state index contributed by atoms with van der Waals surface area (Å²) >= 11 is 0. The van der Waals surface area contributed by atoms with E-state index in [-0.39, 0.29) is 5.78 Å². The van der Waals surface area contributed by atoms with E-state index in [1.807, 2.05) is 0 Å². The van der Waals surface area contributed by atoms with Crippen molar-refractivity contribution < 1.29 is 14.3 Å². The van der Waals surface area contributed by atoms with Crippen LogP contribution in [0.2, 0.25) is 0 Å². The molecule has 1 fully saturated rings. The Morgan fingerprint density at radius 2 is 2.56 bits per heavy atom. The highest BCUT2D eigenvalue weighted by Crippen LogP contribution is 1.99. The van der Waals surface area contributed by atoms with Crippen LogP contribution >= 0.6 is 0 Å². The minimum absolute atomic E-state index is 0.117. The molecule has 1 N–H and O–H groups in total. The van der Waals surface area contributed by atoms with Crippen molar-refractivity contribution in [2.75, 3.05) is 6.54 Å². The molecule has 0 radical (unpaired) electrons. The van der Waals surface area contributed by atoms with Gasteiger partial charge in [-0.3, -0.25) is 4.79 Å². The van der Waals surface area contributed by atoms with E-state index < -0.39 is 12.2 Å². The van der Waals surface area contributed by atoms with Crippen molar-refractivity contribution in [3.63, 3.8) is 0 Å². The summed E-state index contributed by atoms with van der Waals surface area (Å²) in [4.78, 5) is 20.7. The minimum atomic E-state index is -0.558. The second-order valence-corrected chi connectivity index (χ2v) is 1.89. The fourth-order valence-electron chi connectivity index (χ4n) is 0.615. The molecule has 0 saturated carbocycles. The number of rotatable bonds is 1. The summed E-state index contributed by atoms with van der Waals surface area (Å²) in [7, 11) is 0. The first-order valence-electron chi connectivity index (χ1n) is 2.65. The van der Waals surface area contributed by atoms with Gasteiger partial charge < -0.3 is 10.1 Å². The van der Waals surface area contributed by atoms with Gasteiger partial charge >= 0.3 is 6.09 Å². The molecule has 1 rings (SSSR count). The van der Waals surface area contributed by atoms with Crippen LogP contribution in [-0.4, -0.2) is 24.5 Å². The minimum Gasteiger partial charge on any atom is -0.436 e. The Morgan fingerprint density at radius 1 is 1.89 bits per heavy atom. The Balaban J connectivity index is 2.48. The molecule has 0 spiro atoms. The van der Waals surface area contributed by atoms with Gasteiger partial charge in [-0.1, -0.05) is 0 Å². The number of cyclic esters (lactones) is 1. The Hall–Kier alpha value is -1.06. The molecule has 4 heteroatoms. The highest BCUT2D eigenvalue weighted by atomic mass is 16.6. The predicted octanol–water partition coefficient (Wildman–Crippen LogP) is -0.316. The molecule has 0 aliphatic carbocycles. The van der Waals surface area contributed by atoms with Crippen LogP contribution in [0.25, 0.3) is 0 Å². The molecular weight excluding hydrogens is 122 g/mol. The van der Waals surface area contributed by atoms with Crippen LogP contribution in [0.3, 0.4) is 0 Å². The molecule has 1 aliphatic heterocycles. The molecule has 0 aromatic rings. The number of ketones is 1. The zero-order valence-electron chi connectivity index (χ0n) is 5.01. The van der Waals surface area contributed by atoms with Gasteiger partial charge in [0.15, 0.2) is 11.9 Å². The number of hydrogen-bond acceptors (Lipinski definition) is 3. The number of ether oxygens (including phenoxy) is 1. The van der Waals surface area contributed by atoms with Crippen molar-refractivity contribution in [2.45, 2.75) is 13.0 Å². The monoisotopic (exact) mass is 129 g/mol. The quantitative estimate of drug-likeness (QED) is 0.528. The largest absolute Gasteiger partial charge is 0.436 e. The fourth-order valence-corrected chi connectivity index (χ4v) is 0.615. The lowest BCUT2D eigenvalue weighted by molar-refractivity contribution is -0.123. The average Bonchev–Trinajstić information content (AvgIpc) is 2.14. The maximum Gasteiger partial charge on any atom is 0.408 e. The van der Waals surface area contributed by atoms with Gasteiger partial charge in [-0.05, 0) is 6.92 Å². The lowest BCUT2D eigenvalue weighted by Crippen LogP contribution is -2.21. The number of hydrogen-bond donors (Lipinski definition) is 1. The summed E-state index contributed by atoms with van der Waals surface area (Å²) in [5, 5.41) is 2.37. The van der Waals surface area contributed by atoms with Crippen LogP contribution in [0.15, 0.2) is 0 Å². The molecule has 0 aromatic carbocycles. The van der Waals surface area contributed by atoms with E-state index in [9.17, 15) is 9.59 Å². The average molecular weight is 129 g/mol. The Morgan fingerprint density at radius 3 is 2.78 bits per heavy atom. The normalized spacial score (nSPS) is 25.0. The second kappa shape index (κ2) is 2.05. The predicted molar refractivity (Wildman–Crippen MR) is 29.0 cm³/mol. The van der Waals surface area contributed by atoms with Gasteiger partial charge in [0.1, 0.15) is 0 Å². The van der Waals surface area contributed by atoms with Crippen LogP contribution in [-0.2, 0) is 9.53 Å². The highest BCUT2D eigenvalue weighted by molar-refractivity contribution is 5.85. The lowest BCUT2D eigenvalue weighted by atomic mass is 10.3. The van der Waals surface area contributed by atoms with E-state index in [0.29, 0.717) is 6.54 Å². The van der Waals surface area contributed by atoms with E-state index in [1.165, 1.54) is 6.92 Å². The van der Waals surface area contributed by atoms with Crippen molar-refractivity contribution in [3.8, 4) is 0 Å². The lowest BCUT2D eigenvalue weighted by Gasteiger charge is -1.98. The van der Waals surface area contributed by atoms with E-state index >= 15 is 0 Å². The van der Waals surface area contributed by atoms with Crippen LogP contribution < -0.4 is 5.32 Å². The van der Waals surface area contributed by atoms with Gasteiger partial charge in [0, 0.05) is 0 Å². The van der Waals surface area contributed by atoms with Crippen LogP contribution in [0, 0.1) is 0 Å². The van der Waals surface area contributed by atoms with Gasteiger partial charge in [0.2, 0.25) is 0 Å².